The Labute approximate surface area is 310 Å². The Morgan fingerprint density at radius 3 is 0.759 bits per heavy atom. The maximum atomic E-state index is 2.47. The average molecular weight is 689 g/mol. The van der Waals surface area contributed by atoms with Crippen molar-refractivity contribution in [3.05, 3.63) is 194 Å². The number of hydrogen-bond acceptors (Lipinski definition) is 0. The van der Waals surface area contributed by atoms with E-state index in [1.165, 1.54) is 76.5 Å². The first-order valence-corrected chi connectivity index (χ1v) is 18.5. The van der Waals surface area contributed by atoms with Crippen LogP contribution in [0.25, 0.3) is 99.2 Å². The molecule has 0 atom stereocenters. The van der Waals surface area contributed by atoms with Gasteiger partial charge < -0.3 is 18.3 Å². The largest absolute Gasteiger partial charge is 0.309 e. The number of para-hydroxylation sites is 6. The molecule has 0 aliphatic heterocycles. The van der Waals surface area contributed by atoms with Crippen LogP contribution in [0.1, 0.15) is 0 Å². The summed E-state index contributed by atoms with van der Waals surface area (Å²) in [5.74, 6) is 0. The summed E-state index contributed by atoms with van der Waals surface area (Å²) in [6.45, 7) is 0. The third-order valence-corrected chi connectivity index (χ3v) is 11.3. The SMILES string of the molecule is c1cc(-n2c3ccccc3c3ccccc32)cc(-n2c3ccccc3c3c2c2ccccc2n3-c2cccc(-n3c4ccccc4c4ccccc43)c2)c1. The molecule has 0 fully saturated rings. The summed E-state index contributed by atoms with van der Waals surface area (Å²) < 4.78 is 9.75. The Hall–Kier alpha value is -7.30. The normalized spacial score (nSPS) is 12.1. The fraction of sp³-hybridized carbons (Fsp3) is 0. The standard InChI is InChI=1S/C50H32N4/c1-7-25-43-37(19-1)38-20-2-8-26-44(38)51(43)33-15-13-17-35(31-33)53-47-29-11-5-23-41(47)50-49(53)42-24-6-12-30-48(42)54(50)36-18-14-16-34(32-36)52-45-27-9-3-21-39(45)40-22-4-10-28-46(40)52/h1-32H. The second-order valence-electron chi connectivity index (χ2n) is 14.2. The second-order valence-corrected chi connectivity index (χ2v) is 14.2. The van der Waals surface area contributed by atoms with Gasteiger partial charge in [-0.05, 0) is 72.8 Å². The summed E-state index contributed by atoms with van der Waals surface area (Å²) in [4.78, 5) is 0. The molecule has 0 unspecified atom stereocenters. The molecule has 8 aromatic carbocycles. The highest BCUT2D eigenvalue weighted by Crippen LogP contribution is 2.42. The third kappa shape index (κ3) is 3.97. The molecule has 0 saturated carbocycles. The zero-order valence-electron chi connectivity index (χ0n) is 29.3. The molecule has 54 heavy (non-hydrogen) atoms. The molecule has 0 aliphatic rings. The Kier molecular flexibility index (Phi) is 6.02. The first kappa shape index (κ1) is 29.3. The van der Waals surface area contributed by atoms with Gasteiger partial charge in [-0.15, -0.1) is 0 Å². The lowest BCUT2D eigenvalue weighted by Gasteiger charge is -2.13. The summed E-state index contributed by atoms with van der Waals surface area (Å²) >= 11 is 0. The van der Waals surface area contributed by atoms with E-state index < -0.39 is 0 Å². The lowest BCUT2D eigenvalue weighted by Crippen LogP contribution is -1.98. The van der Waals surface area contributed by atoms with Crippen LogP contribution in [0, 0.1) is 0 Å². The van der Waals surface area contributed by atoms with Crippen molar-refractivity contribution in [2.45, 2.75) is 0 Å². The Balaban J connectivity index is 1.13. The highest BCUT2D eigenvalue weighted by atomic mass is 15.1. The van der Waals surface area contributed by atoms with Gasteiger partial charge in [-0.2, -0.15) is 0 Å². The van der Waals surface area contributed by atoms with Crippen LogP contribution in [-0.4, -0.2) is 18.3 Å². The summed E-state index contributed by atoms with van der Waals surface area (Å²) in [6, 6.07) is 70.7. The molecule has 0 saturated heterocycles. The van der Waals surface area contributed by atoms with Gasteiger partial charge in [-0.25, -0.2) is 0 Å². The van der Waals surface area contributed by atoms with Crippen LogP contribution in [0.5, 0.6) is 0 Å². The average Bonchev–Trinajstić information content (AvgIpc) is 3.96. The van der Waals surface area contributed by atoms with Crippen LogP contribution < -0.4 is 0 Å². The van der Waals surface area contributed by atoms with Crippen molar-refractivity contribution in [2.24, 2.45) is 0 Å². The quantitative estimate of drug-likeness (QED) is 0.175. The van der Waals surface area contributed by atoms with Crippen LogP contribution in [0.2, 0.25) is 0 Å². The molecule has 4 heterocycles. The van der Waals surface area contributed by atoms with Gasteiger partial charge in [0.15, 0.2) is 0 Å². The van der Waals surface area contributed by atoms with E-state index in [1.807, 2.05) is 0 Å². The molecular weight excluding hydrogens is 657 g/mol. The maximum absolute atomic E-state index is 2.47. The van der Waals surface area contributed by atoms with Crippen LogP contribution in [-0.2, 0) is 0 Å². The molecule has 0 aliphatic carbocycles. The molecule has 4 heteroatoms. The number of nitrogens with zero attached hydrogens (tertiary/aromatic N) is 4. The van der Waals surface area contributed by atoms with Crippen molar-refractivity contribution < 1.29 is 0 Å². The molecule has 12 rings (SSSR count). The van der Waals surface area contributed by atoms with Crippen molar-refractivity contribution in [1.82, 2.24) is 18.3 Å². The van der Waals surface area contributed by atoms with Crippen LogP contribution in [0.3, 0.4) is 0 Å². The Bertz CT molecular complexity index is 3120. The summed E-state index contributed by atoms with van der Waals surface area (Å²) in [5.41, 5.74) is 14.1. The van der Waals surface area contributed by atoms with E-state index in [9.17, 15) is 0 Å². The second kappa shape index (κ2) is 11.1. The van der Waals surface area contributed by atoms with E-state index in [2.05, 4.69) is 212 Å². The highest BCUT2D eigenvalue weighted by Gasteiger charge is 2.23. The summed E-state index contributed by atoms with van der Waals surface area (Å²) in [5, 5.41) is 7.48. The van der Waals surface area contributed by atoms with Gasteiger partial charge in [0.05, 0.1) is 44.1 Å². The van der Waals surface area contributed by atoms with Gasteiger partial charge in [-0.1, -0.05) is 121 Å². The van der Waals surface area contributed by atoms with Crippen molar-refractivity contribution in [3.63, 3.8) is 0 Å². The predicted molar refractivity (Wildman–Crippen MR) is 226 cm³/mol. The molecule has 12 aromatic rings. The molecular formula is C50H32N4. The molecule has 252 valence electrons. The Morgan fingerprint density at radius 1 is 0.204 bits per heavy atom. The van der Waals surface area contributed by atoms with Crippen LogP contribution >= 0.6 is 0 Å². The smallest absolute Gasteiger partial charge is 0.0803 e. The van der Waals surface area contributed by atoms with Gasteiger partial charge in [-0.3, -0.25) is 0 Å². The molecule has 0 radical (unpaired) electrons. The summed E-state index contributed by atoms with van der Waals surface area (Å²) in [6.07, 6.45) is 0. The zero-order chi connectivity index (χ0) is 35.3. The van der Waals surface area contributed by atoms with Gasteiger partial charge in [0.25, 0.3) is 0 Å². The molecule has 0 bridgehead atoms. The van der Waals surface area contributed by atoms with Crippen LogP contribution in [0.4, 0.5) is 0 Å². The van der Waals surface area contributed by atoms with E-state index in [4.69, 9.17) is 0 Å². The predicted octanol–water partition coefficient (Wildman–Crippen LogP) is 12.9. The van der Waals surface area contributed by atoms with Crippen molar-refractivity contribution >= 4 is 76.5 Å². The number of hydrogen-bond donors (Lipinski definition) is 0. The van der Waals surface area contributed by atoms with Crippen molar-refractivity contribution in [2.75, 3.05) is 0 Å². The van der Waals surface area contributed by atoms with Gasteiger partial charge in [0.2, 0.25) is 0 Å². The minimum absolute atomic E-state index is 1.13. The van der Waals surface area contributed by atoms with Crippen molar-refractivity contribution in [1.29, 1.82) is 0 Å². The summed E-state index contributed by atoms with van der Waals surface area (Å²) in [7, 11) is 0. The van der Waals surface area contributed by atoms with Gasteiger partial charge in [0, 0.05) is 55.1 Å². The minimum atomic E-state index is 1.13. The van der Waals surface area contributed by atoms with E-state index in [1.54, 1.807) is 0 Å². The zero-order valence-corrected chi connectivity index (χ0v) is 29.3. The van der Waals surface area contributed by atoms with Crippen molar-refractivity contribution in [3.8, 4) is 22.7 Å². The van der Waals surface area contributed by atoms with E-state index in [0.29, 0.717) is 0 Å². The topological polar surface area (TPSA) is 19.7 Å². The fourth-order valence-electron chi connectivity index (χ4n) is 9.17. The Morgan fingerprint density at radius 2 is 0.444 bits per heavy atom. The highest BCUT2D eigenvalue weighted by molar-refractivity contribution is 6.20. The van der Waals surface area contributed by atoms with Gasteiger partial charge in [0.1, 0.15) is 0 Å². The van der Waals surface area contributed by atoms with E-state index >= 15 is 0 Å². The first-order chi connectivity index (χ1) is 26.8. The molecule has 4 nitrogen and oxygen atoms in total. The molecule has 4 aromatic heterocycles. The lowest BCUT2D eigenvalue weighted by molar-refractivity contribution is 1.13. The van der Waals surface area contributed by atoms with E-state index in [-0.39, 0.29) is 0 Å². The molecule has 0 amide bonds. The third-order valence-electron chi connectivity index (χ3n) is 11.3. The van der Waals surface area contributed by atoms with E-state index in [0.717, 1.165) is 22.7 Å². The minimum Gasteiger partial charge on any atom is -0.309 e. The number of aromatic nitrogens is 4. The van der Waals surface area contributed by atoms with Crippen LogP contribution in [0.15, 0.2) is 194 Å². The lowest BCUT2D eigenvalue weighted by atomic mass is 10.2. The maximum Gasteiger partial charge on any atom is 0.0803 e. The molecule has 0 spiro atoms. The number of rotatable bonds is 4. The first-order valence-electron chi connectivity index (χ1n) is 18.5. The number of benzene rings is 8. The number of fused-ring (bicyclic) bond motifs is 11. The molecule has 0 N–H and O–H groups in total. The van der Waals surface area contributed by atoms with Gasteiger partial charge >= 0.3 is 0 Å². The monoisotopic (exact) mass is 688 g/mol. The fourth-order valence-corrected chi connectivity index (χ4v) is 9.17.